The lowest BCUT2D eigenvalue weighted by molar-refractivity contribution is -0.127. The molecule has 0 spiro atoms. The number of fused-ring (bicyclic) bond motifs is 1. The molecule has 2 aromatic heterocycles. The van der Waals surface area contributed by atoms with E-state index < -0.39 is 0 Å². The van der Waals surface area contributed by atoms with Gasteiger partial charge in [0.1, 0.15) is 28.0 Å². The number of nitrogens with zero attached hydrogens (tertiary/aromatic N) is 4. The Morgan fingerprint density at radius 3 is 2.74 bits per heavy atom. The minimum absolute atomic E-state index is 0.0419. The molecule has 0 unspecified atom stereocenters. The third-order valence-corrected chi connectivity index (χ3v) is 6.61. The van der Waals surface area contributed by atoms with Crippen LogP contribution in [-0.2, 0) is 4.79 Å². The van der Waals surface area contributed by atoms with E-state index in [2.05, 4.69) is 11.6 Å². The standard InChI is InChI=1S/C27H25ClN4O3/c1-3-25(33)31-15-5-6-19(17-31)32-22-13-14-29-16-21(22)27(30-32)18-9-11-20(12-10-18)35-24-8-4-7-23(34-2)26(24)28/h3-4,7-14,16,19H,1,5-6,15,17H2,2H3/t19-/m1/s1. The largest absolute Gasteiger partial charge is 0.495 e. The van der Waals surface area contributed by atoms with Crippen molar-refractivity contribution in [3.63, 3.8) is 0 Å². The van der Waals surface area contributed by atoms with E-state index in [4.69, 9.17) is 26.2 Å². The van der Waals surface area contributed by atoms with Gasteiger partial charge in [0.05, 0.1) is 18.7 Å². The summed E-state index contributed by atoms with van der Waals surface area (Å²) in [6, 6.07) is 15.2. The normalized spacial score (nSPS) is 15.7. The number of methoxy groups -OCH3 is 1. The minimum Gasteiger partial charge on any atom is -0.495 e. The second-order valence-corrected chi connectivity index (χ2v) is 8.75. The van der Waals surface area contributed by atoms with Crippen molar-refractivity contribution in [2.45, 2.75) is 18.9 Å². The Hall–Kier alpha value is -3.84. The molecule has 1 aliphatic heterocycles. The number of hydrogen-bond donors (Lipinski definition) is 0. The number of ether oxygens (including phenoxy) is 2. The number of piperidine rings is 1. The third-order valence-electron chi connectivity index (χ3n) is 6.24. The zero-order chi connectivity index (χ0) is 24.4. The minimum atomic E-state index is -0.0419. The van der Waals surface area contributed by atoms with Crippen molar-refractivity contribution in [1.82, 2.24) is 19.7 Å². The highest BCUT2D eigenvalue weighted by atomic mass is 35.5. The molecule has 0 bridgehead atoms. The molecule has 1 saturated heterocycles. The molecule has 7 nitrogen and oxygen atoms in total. The van der Waals surface area contributed by atoms with Gasteiger partial charge in [-0.25, -0.2) is 0 Å². The highest BCUT2D eigenvalue weighted by Crippen LogP contribution is 2.37. The van der Waals surface area contributed by atoms with Crippen molar-refractivity contribution in [2.75, 3.05) is 20.2 Å². The summed E-state index contributed by atoms with van der Waals surface area (Å²) in [5, 5.41) is 6.37. The van der Waals surface area contributed by atoms with Gasteiger partial charge in [0.2, 0.25) is 5.91 Å². The molecule has 0 N–H and O–H groups in total. The Labute approximate surface area is 208 Å². The first-order valence-electron chi connectivity index (χ1n) is 11.4. The van der Waals surface area contributed by atoms with Gasteiger partial charge in [-0.2, -0.15) is 5.10 Å². The van der Waals surface area contributed by atoms with Crippen molar-refractivity contribution in [3.05, 3.63) is 78.6 Å². The highest BCUT2D eigenvalue weighted by molar-refractivity contribution is 6.33. The van der Waals surface area contributed by atoms with Crippen molar-refractivity contribution in [2.24, 2.45) is 0 Å². The number of rotatable bonds is 6. The average molecular weight is 489 g/mol. The quantitative estimate of drug-likeness (QED) is 0.316. The van der Waals surface area contributed by atoms with Gasteiger partial charge in [0, 0.05) is 36.4 Å². The summed E-state index contributed by atoms with van der Waals surface area (Å²) in [6.07, 6.45) is 6.86. The molecule has 0 saturated carbocycles. The number of amides is 1. The van der Waals surface area contributed by atoms with Gasteiger partial charge < -0.3 is 14.4 Å². The van der Waals surface area contributed by atoms with E-state index >= 15 is 0 Å². The number of carbonyl (C=O) groups is 1. The summed E-state index contributed by atoms with van der Waals surface area (Å²) in [5.41, 5.74) is 2.78. The molecule has 8 heteroatoms. The van der Waals surface area contributed by atoms with Gasteiger partial charge in [-0.05, 0) is 61.4 Å². The summed E-state index contributed by atoms with van der Waals surface area (Å²) in [6.45, 7) is 4.98. The first kappa shape index (κ1) is 22.9. The Morgan fingerprint density at radius 1 is 1.17 bits per heavy atom. The Balaban J connectivity index is 1.45. The number of likely N-dealkylation sites (tertiary alicyclic amines) is 1. The van der Waals surface area contributed by atoms with Gasteiger partial charge in [-0.1, -0.05) is 24.2 Å². The molecule has 35 heavy (non-hydrogen) atoms. The zero-order valence-corrected chi connectivity index (χ0v) is 20.1. The van der Waals surface area contributed by atoms with Crippen molar-refractivity contribution in [3.8, 4) is 28.5 Å². The fourth-order valence-corrected chi connectivity index (χ4v) is 4.74. The van der Waals surface area contributed by atoms with Crippen LogP contribution in [0.1, 0.15) is 18.9 Å². The van der Waals surface area contributed by atoms with Crippen LogP contribution >= 0.6 is 11.6 Å². The monoisotopic (exact) mass is 488 g/mol. The number of pyridine rings is 1. The van der Waals surface area contributed by atoms with Crippen LogP contribution in [0.15, 0.2) is 73.6 Å². The number of benzene rings is 2. The van der Waals surface area contributed by atoms with E-state index in [9.17, 15) is 4.79 Å². The van der Waals surface area contributed by atoms with Gasteiger partial charge in [0.15, 0.2) is 0 Å². The predicted octanol–water partition coefficient (Wildman–Crippen LogP) is 5.90. The lowest BCUT2D eigenvalue weighted by Crippen LogP contribution is -2.40. The highest BCUT2D eigenvalue weighted by Gasteiger charge is 2.26. The van der Waals surface area contributed by atoms with Crippen molar-refractivity contribution >= 4 is 28.4 Å². The topological polar surface area (TPSA) is 69.5 Å². The maximum absolute atomic E-state index is 12.2. The summed E-state index contributed by atoms with van der Waals surface area (Å²) >= 11 is 6.37. The second kappa shape index (κ2) is 9.80. The lowest BCUT2D eigenvalue weighted by Gasteiger charge is -2.32. The molecule has 1 amide bonds. The number of carbonyl (C=O) groups excluding carboxylic acids is 1. The molecule has 0 aliphatic carbocycles. The molecule has 3 heterocycles. The van der Waals surface area contributed by atoms with Crippen LogP contribution in [0.4, 0.5) is 0 Å². The SMILES string of the molecule is C=CC(=O)N1CCC[C@@H](n2nc(-c3ccc(Oc4cccc(OC)c4Cl)cc3)c3cnccc32)C1. The van der Waals surface area contributed by atoms with Crippen LogP contribution < -0.4 is 9.47 Å². The van der Waals surface area contributed by atoms with Crippen LogP contribution in [-0.4, -0.2) is 45.8 Å². The molecule has 5 rings (SSSR count). The molecule has 1 fully saturated rings. The van der Waals surface area contributed by atoms with E-state index in [0.717, 1.165) is 41.5 Å². The Morgan fingerprint density at radius 2 is 1.97 bits per heavy atom. The number of halogens is 1. The van der Waals surface area contributed by atoms with Gasteiger partial charge in [-0.3, -0.25) is 14.5 Å². The maximum atomic E-state index is 12.2. The van der Waals surface area contributed by atoms with E-state index in [1.807, 2.05) is 52.2 Å². The molecule has 1 aliphatic rings. The smallest absolute Gasteiger partial charge is 0.246 e. The lowest BCUT2D eigenvalue weighted by atomic mass is 10.1. The summed E-state index contributed by atoms with van der Waals surface area (Å²) in [5.74, 6) is 1.69. The van der Waals surface area contributed by atoms with Crippen LogP contribution in [0.25, 0.3) is 22.2 Å². The second-order valence-electron chi connectivity index (χ2n) is 8.37. The average Bonchev–Trinajstić information content (AvgIpc) is 3.30. The fourth-order valence-electron chi connectivity index (χ4n) is 4.49. The third kappa shape index (κ3) is 4.47. The molecular formula is C27H25ClN4O3. The molecular weight excluding hydrogens is 464 g/mol. The van der Waals surface area contributed by atoms with Gasteiger partial charge in [0.25, 0.3) is 0 Å². The van der Waals surface area contributed by atoms with Crippen LogP contribution in [0.5, 0.6) is 17.2 Å². The van der Waals surface area contributed by atoms with Gasteiger partial charge in [-0.15, -0.1) is 0 Å². The van der Waals surface area contributed by atoms with E-state index in [1.54, 1.807) is 25.4 Å². The molecule has 2 aromatic carbocycles. The Bertz CT molecular complexity index is 1380. The van der Waals surface area contributed by atoms with Crippen LogP contribution in [0.3, 0.4) is 0 Å². The fraction of sp³-hybridized carbons (Fsp3) is 0.222. The zero-order valence-electron chi connectivity index (χ0n) is 19.4. The predicted molar refractivity (Wildman–Crippen MR) is 136 cm³/mol. The van der Waals surface area contributed by atoms with Crippen LogP contribution in [0, 0.1) is 0 Å². The van der Waals surface area contributed by atoms with Crippen molar-refractivity contribution in [1.29, 1.82) is 0 Å². The number of aromatic nitrogens is 3. The first-order valence-corrected chi connectivity index (χ1v) is 11.8. The summed E-state index contributed by atoms with van der Waals surface area (Å²) < 4.78 is 13.3. The van der Waals surface area contributed by atoms with E-state index in [-0.39, 0.29) is 11.9 Å². The van der Waals surface area contributed by atoms with Crippen molar-refractivity contribution < 1.29 is 14.3 Å². The van der Waals surface area contributed by atoms with E-state index in [1.165, 1.54) is 6.08 Å². The van der Waals surface area contributed by atoms with Crippen LogP contribution in [0.2, 0.25) is 5.02 Å². The number of hydrogen-bond acceptors (Lipinski definition) is 5. The molecule has 4 aromatic rings. The molecule has 1 atom stereocenters. The van der Waals surface area contributed by atoms with E-state index in [0.29, 0.717) is 28.8 Å². The molecule has 178 valence electrons. The molecule has 0 radical (unpaired) electrons. The first-order chi connectivity index (χ1) is 17.1. The summed E-state index contributed by atoms with van der Waals surface area (Å²) in [4.78, 5) is 18.4. The Kier molecular flexibility index (Phi) is 6.42. The summed E-state index contributed by atoms with van der Waals surface area (Å²) in [7, 11) is 1.57. The maximum Gasteiger partial charge on any atom is 0.246 e. The van der Waals surface area contributed by atoms with Gasteiger partial charge >= 0.3 is 0 Å².